The summed E-state index contributed by atoms with van der Waals surface area (Å²) in [5.74, 6) is 0.300. The van der Waals surface area contributed by atoms with Crippen molar-refractivity contribution in [3.8, 4) is 11.8 Å². The van der Waals surface area contributed by atoms with E-state index in [1.165, 1.54) is 23.5 Å². The van der Waals surface area contributed by atoms with Gasteiger partial charge >= 0.3 is 0 Å². The molecular weight excluding hydrogens is 560 g/mol. The minimum absolute atomic E-state index is 0.196. The third kappa shape index (κ3) is 6.91. The molecule has 3 aromatic rings. The highest BCUT2D eigenvalue weighted by molar-refractivity contribution is 9.10. The normalized spacial score (nSPS) is 10.1. The Morgan fingerprint density at radius 2 is 1.35 bits per heavy atom. The number of hydrogen-bond acceptors (Lipinski definition) is 5. The van der Waals surface area contributed by atoms with Crippen LogP contribution in [0, 0.1) is 11.3 Å². The molecule has 1 N–H and O–H groups in total. The second-order valence-corrected chi connectivity index (χ2v) is 10.3. The van der Waals surface area contributed by atoms with Crippen molar-refractivity contribution in [1.29, 1.82) is 5.26 Å². The summed E-state index contributed by atoms with van der Waals surface area (Å²) in [6.07, 6.45) is 0. The lowest BCUT2D eigenvalue weighted by Gasteiger charge is -2.12. The number of nitrogens with zero attached hydrogens (tertiary/aromatic N) is 1. The van der Waals surface area contributed by atoms with Crippen molar-refractivity contribution in [1.82, 2.24) is 5.32 Å². The molecule has 0 heterocycles. The van der Waals surface area contributed by atoms with Crippen LogP contribution in [0.1, 0.15) is 10.4 Å². The number of carbonyl (C=O) groups excluding carboxylic acids is 1. The van der Waals surface area contributed by atoms with E-state index in [1.807, 2.05) is 48.5 Å². The minimum atomic E-state index is -0.357. The average molecular weight is 576 g/mol. The van der Waals surface area contributed by atoms with Crippen molar-refractivity contribution in [3.63, 3.8) is 0 Å². The Morgan fingerprint density at radius 1 is 0.871 bits per heavy atom. The zero-order chi connectivity index (χ0) is 22.2. The number of ether oxygens (including phenoxy) is 1. The summed E-state index contributed by atoms with van der Waals surface area (Å²) in [5.41, 5.74) is 0.636. The number of rotatable bonds is 7. The number of nitriles is 1. The van der Waals surface area contributed by atoms with Gasteiger partial charge in [0.05, 0.1) is 11.3 Å². The molecule has 0 aliphatic rings. The van der Waals surface area contributed by atoms with Crippen molar-refractivity contribution >= 4 is 61.3 Å². The highest BCUT2D eigenvalue weighted by Crippen LogP contribution is 2.41. The Labute approximate surface area is 206 Å². The quantitative estimate of drug-likeness (QED) is 0.238. The fourth-order valence-corrected chi connectivity index (χ4v) is 5.04. The molecule has 1 amide bonds. The van der Waals surface area contributed by atoms with Gasteiger partial charge in [-0.2, -0.15) is 5.26 Å². The molecule has 3 aromatic carbocycles. The van der Waals surface area contributed by atoms with Crippen molar-refractivity contribution in [3.05, 3.63) is 97.2 Å². The Kier molecular flexibility index (Phi) is 8.67. The van der Waals surface area contributed by atoms with E-state index >= 15 is 0 Å². The van der Waals surface area contributed by atoms with Crippen LogP contribution in [0.2, 0.25) is 0 Å². The van der Waals surface area contributed by atoms with Crippen LogP contribution in [-0.2, 0) is 0 Å². The first kappa shape index (κ1) is 23.5. The number of benzene rings is 3. The molecule has 31 heavy (non-hydrogen) atoms. The number of thioether (sulfide) groups is 2. The van der Waals surface area contributed by atoms with Crippen LogP contribution < -0.4 is 10.1 Å². The van der Waals surface area contributed by atoms with Crippen molar-refractivity contribution in [2.75, 3.05) is 7.11 Å². The predicted molar refractivity (Wildman–Crippen MR) is 133 cm³/mol. The van der Waals surface area contributed by atoms with E-state index in [1.54, 1.807) is 31.4 Å². The van der Waals surface area contributed by atoms with Crippen LogP contribution in [0.4, 0.5) is 0 Å². The maximum Gasteiger partial charge on any atom is 0.256 e. The molecule has 0 atom stereocenters. The van der Waals surface area contributed by atoms with Crippen molar-refractivity contribution < 1.29 is 9.53 Å². The lowest BCUT2D eigenvalue weighted by atomic mass is 10.2. The second kappa shape index (κ2) is 11.4. The molecular formula is C23H16Br2N2O2S2. The van der Waals surface area contributed by atoms with Gasteiger partial charge in [0.15, 0.2) is 0 Å². The second-order valence-electron chi connectivity index (χ2n) is 6.07. The monoisotopic (exact) mass is 574 g/mol. The molecule has 4 nitrogen and oxygen atoms in total. The average Bonchev–Trinajstić information content (AvgIpc) is 2.80. The molecule has 0 bridgehead atoms. The van der Waals surface area contributed by atoms with Gasteiger partial charge in [-0.3, -0.25) is 4.79 Å². The van der Waals surface area contributed by atoms with E-state index in [0.29, 0.717) is 15.6 Å². The molecule has 0 fully saturated rings. The third-order valence-electron chi connectivity index (χ3n) is 3.96. The number of hydrogen-bond donors (Lipinski definition) is 1. The van der Waals surface area contributed by atoms with Crippen LogP contribution in [-0.4, -0.2) is 13.0 Å². The maximum atomic E-state index is 12.7. The molecule has 0 aromatic heterocycles. The van der Waals surface area contributed by atoms with Crippen LogP contribution in [0.25, 0.3) is 0 Å². The largest absolute Gasteiger partial charge is 0.497 e. The Balaban J connectivity index is 1.91. The summed E-state index contributed by atoms with van der Waals surface area (Å²) in [5, 5.41) is 12.6. The Bertz CT molecular complexity index is 1070. The lowest BCUT2D eigenvalue weighted by Crippen LogP contribution is -2.22. The molecule has 3 rings (SSSR count). The smallest absolute Gasteiger partial charge is 0.256 e. The van der Waals surface area contributed by atoms with Gasteiger partial charge in [0.1, 0.15) is 17.5 Å². The van der Waals surface area contributed by atoms with Gasteiger partial charge in [0.25, 0.3) is 5.91 Å². The van der Waals surface area contributed by atoms with E-state index in [2.05, 4.69) is 43.2 Å². The van der Waals surface area contributed by atoms with E-state index in [0.717, 1.165) is 18.7 Å². The Morgan fingerprint density at radius 3 is 1.77 bits per heavy atom. The summed E-state index contributed by atoms with van der Waals surface area (Å²) in [6, 6.07) is 24.5. The van der Waals surface area contributed by atoms with Gasteiger partial charge in [-0.1, -0.05) is 55.4 Å². The highest BCUT2D eigenvalue weighted by Gasteiger charge is 2.15. The van der Waals surface area contributed by atoms with Crippen LogP contribution in [0.3, 0.4) is 0 Å². The first-order valence-corrected chi connectivity index (χ1v) is 12.2. The maximum absolute atomic E-state index is 12.7. The van der Waals surface area contributed by atoms with E-state index in [9.17, 15) is 10.1 Å². The number of allylic oxidation sites excluding steroid dienone is 1. The zero-order valence-corrected chi connectivity index (χ0v) is 21.1. The number of halogens is 2. The lowest BCUT2D eigenvalue weighted by molar-refractivity contribution is 0.0967. The van der Waals surface area contributed by atoms with Crippen LogP contribution in [0.5, 0.6) is 5.75 Å². The Hall–Kier alpha value is -2.18. The van der Waals surface area contributed by atoms with Gasteiger partial charge in [0, 0.05) is 24.3 Å². The summed E-state index contributed by atoms with van der Waals surface area (Å²) in [7, 11) is 1.57. The summed E-state index contributed by atoms with van der Waals surface area (Å²) in [6.45, 7) is 0. The fraction of sp³-hybridized carbons (Fsp3) is 0.0435. The van der Waals surface area contributed by atoms with Crippen molar-refractivity contribution in [2.24, 2.45) is 0 Å². The van der Waals surface area contributed by atoms with Gasteiger partial charge in [-0.15, -0.1) is 0 Å². The highest BCUT2D eigenvalue weighted by atomic mass is 79.9. The van der Waals surface area contributed by atoms with Crippen molar-refractivity contribution in [2.45, 2.75) is 9.79 Å². The standard InChI is InChI=1S/C23H16Br2N2O2S2/c1-29-18-8-2-15(3-9-18)22(28)27-21(14-26)23(30-19-10-4-16(24)5-11-19)31-20-12-6-17(25)7-13-20/h2-13H,1H3,(H,27,28). The number of nitrogens with one attached hydrogen (secondary N) is 1. The molecule has 156 valence electrons. The van der Waals surface area contributed by atoms with E-state index < -0.39 is 0 Å². The fourth-order valence-electron chi connectivity index (χ4n) is 2.39. The molecule has 0 spiro atoms. The molecule has 0 radical (unpaired) electrons. The molecule has 0 unspecified atom stereocenters. The molecule has 0 saturated heterocycles. The topological polar surface area (TPSA) is 62.1 Å². The van der Waals surface area contributed by atoms with Crippen LogP contribution >= 0.6 is 55.4 Å². The summed E-state index contributed by atoms with van der Waals surface area (Å²) < 4.78 is 7.74. The minimum Gasteiger partial charge on any atom is -0.497 e. The van der Waals surface area contributed by atoms with Gasteiger partial charge in [0.2, 0.25) is 0 Å². The SMILES string of the molecule is COc1ccc(C(=O)NC(C#N)=C(Sc2ccc(Br)cc2)Sc2ccc(Br)cc2)cc1. The summed E-state index contributed by atoms with van der Waals surface area (Å²) >= 11 is 9.72. The van der Waals surface area contributed by atoms with Gasteiger partial charge in [-0.05, 0) is 72.8 Å². The van der Waals surface area contributed by atoms with E-state index in [-0.39, 0.29) is 11.6 Å². The predicted octanol–water partition coefficient (Wildman–Crippen LogP) is 7.23. The third-order valence-corrected chi connectivity index (χ3v) is 7.31. The van der Waals surface area contributed by atoms with E-state index in [4.69, 9.17) is 4.74 Å². The molecule has 0 aliphatic carbocycles. The molecule has 0 aliphatic heterocycles. The number of carbonyl (C=O) groups is 1. The van der Waals surface area contributed by atoms with Gasteiger partial charge in [-0.25, -0.2) is 0 Å². The first-order chi connectivity index (χ1) is 15.0. The first-order valence-electron chi connectivity index (χ1n) is 8.95. The van der Waals surface area contributed by atoms with Gasteiger partial charge < -0.3 is 10.1 Å². The van der Waals surface area contributed by atoms with Crippen LogP contribution in [0.15, 0.2) is 101 Å². The number of amides is 1. The summed E-state index contributed by atoms with van der Waals surface area (Å²) in [4.78, 5) is 14.7. The number of methoxy groups -OCH3 is 1. The zero-order valence-electron chi connectivity index (χ0n) is 16.3. The molecule has 0 saturated carbocycles. The molecule has 8 heteroatoms.